The van der Waals surface area contributed by atoms with Crippen molar-refractivity contribution < 1.29 is 8.90 Å². The van der Waals surface area contributed by atoms with Crippen LogP contribution in [0.15, 0.2) is 16.5 Å². The first kappa shape index (κ1) is 12.5. The van der Waals surface area contributed by atoms with Crippen LogP contribution in [0.5, 0.6) is 0 Å². The second-order valence-corrected chi connectivity index (χ2v) is 12.0. The lowest BCUT2D eigenvalue weighted by Crippen LogP contribution is -2.33. The fourth-order valence-corrected chi connectivity index (χ4v) is 2.83. The van der Waals surface area contributed by atoms with Crippen LogP contribution >= 0.6 is 0 Å². The smallest absolute Gasteiger partial charge is 0.158 e. The molecule has 0 atom stereocenters. The van der Waals surface area contributed by atoms with E-state index in [1.165, 1.54) is 0 Å². The van der Waals surface area contributed by atoms with E-state index in [0.717, 1.165) is 28.6 Å². The van der Waals surface area contributed by atoms with Crippen LogP contribution in [0.4, 0.5) is 0 Å². The summed E-state index contributed by atoms with van der Waals surface area (Å²) in [6, 6.07) is 5.41. The zero-order valence-electron chi connectivity index (χ0n) is 10.9. The molecule has 0 aliphatic heterocycles. The molecule has 0 amide bonds. The summed E-state index contributed by atoms with van der Waals surface area (Å²) < 4.78 is 6.77. The zero-order valence-corrected chi connectivity index (χ0v) is 11.9. The number of nitrogens with zero attached hydrogens (tertiary/aromatic N) is 1. The van der Waals surface area contributed by atoms with Crippen molar-refractivity contribution in [3.05, 3.63) is 23.7 Å². The van der Waals surface area contributed by atoms with E-state index in [2.05, 4.69) is 52.9 Å². The highest BCUT2D eigenvalue weighted by Gasteiger charge is 2.18. The highest BCUT2D eigenvalue weighted by molar-refractivity contribution is 6.75. The molecule has 1 rings (SSSR count). The van der Waals surface area contributed by atoms with Crippen molar-refractivity contribution in [2.45, 2.75) is 32.2 Å². The topological polar surface area (TPSA) is 13.1 Å². The summed E-state index contributed by atoms with van der Waals surface area (Å²) in [5, 5.41) is 0. The zero-order chi connectivity index (χ0) is 11.7. The first-order chi connectivity index (χ1) is 6.66. The predicted octanol–water partition coefficient (Wildman–Crippen LogP) is 2.91. The molecule has 0 aliphatic rings. The van der Waals surface area contributed by atoms with Gasteiger partial charge in [-0.1, -0.05) is 19.6 Å². The molecular formula is C12H24NOSi+. The molecule has 2 nitrogen and oxygen atoms in total. The molecule has 0 N–H and O–H groups in total. The minimum atomic E-state index is -1.04. The normalized spacial score (nSPS) is 13.2. The van der Waals surface area contributed by atoms with E-state index < -0.39 is 8.07 Å². The molecule has 0 aromatic carbocycles. The Labute approximate surface area is 94.5 Å². The molecule has 0 radical (unpaired) electrons. The summed E-state index contributed by atoms with van der Waals surface area (Å²) in [6.07, 6.45) is 0. The summed E-state index contributed by atoms with van der Waals surface area (Å²) in [5.74, 6) is 2.27. The summed E-state index contributed by atoms with van der Waals surface area (Å²) in [6.45, 7) is 8.07. The standard InChI is InChI=1S/C12H24NOSi/c1-13(2,3)9-11-7-8-12(14-11)10-15(4,5)6/h7-8H,9-10H2,1-6H3/q+1. The second kappa shape index (κ2) is 4.14. The molecule has 15 heavy (non-hydrogen) atoms. The summed E-state index contributed by atoms with van der Waals surface area (Å²) in [7, 11) is 5.50. The van der Waals surface area contributed by atoms with E-state index in [0.29, 0.717) is 0 Å². The number of hydrogen-bond acceptors (Lipinski definition) is 1. The molecule has 0 unspecified atom stereocenters. The Morgan fingerprint density at radius 1 is 1.07 bits per heavy atom. The highest BCUT2D eigenvalue weighted by Crippen LogP contribution is 2.16. The average Bonchev–Trinajstić information content (AvgIpc) is 2.28. The van der Waals surface area contributed by atoms with Crippen LogP contribution in [0.25, 0.3) is 0 Å². The number of hydrogen-bond donors (Lipinski definition) is 0. The first-order valence-electron chi connectivity index (χ1n) is 5.54. The monoisotopic (exact) mass is 226 g/mol. The Bertz CT molecular complexity index is 287. The molecule has 0 bridgehead atoms. The fraction of sp³-hybridized carbons (Fsp3) is 0.667. The molecule has 86 valence electrons. The van der Waals surface area contributed by atoms with Crippen LogP contribution in [0, 0.1) is 0 Å². The van der Waals surface area contributed by atoms with Crippen LogP contribution in [-0.2, 0) is 12.6 Å². The predicted molar refractivity (Wildman–Crippen MR) is 67.5 cm³/mol. The third-order valence-corrected chi connectivity index (χ3v) is 3.46. The van der Waals surface area contributed by atoms with Gasteiger partial charge in [-0.25, -0.2) is 0 Å². The third-order valence-electron chi connectivity index (χ3n) is 2.05. The van der Waals surface area contributed by atoms with Crippen molar-refractivity contribution in [1.82, 2.24) is 0 Å². The fourth-order valence-electron chi connectivity index (χ4n) is 1.59. The third kappa shape index (κ3) is 5.19. The van der Waals surface area contributed by atoms with Gasteiger partial charge in [0, 0.05) is 6.04 Å². The number of rotatable bonds is 4. The van der Waals surface area contributed by atoms with Gasteiger partial charge in [0.05, 0.1) is 29.2 Å². The van der Waals surface area contributed by atoms with E-state index in [4.69, 9.17) is 4.42 Å². The van der Waals surface area contributed by atoms with Gasteiger partial charge in [0.2, 0.25) is 0 Å². The maximum absolute atomic E-state index is 5.85. The Kier molecular flexibility index (Phi) is 3.46. The summed E-state index contributed by atoms with van der Waals surface area (Å²) in [4.78, 5) is 0. The van der Waals surface area contributed by atoms with Crippen molar-refractivity contribution in [1.29, 1.82) is 0 Å². The minimum Gasteiger partial charge on any atom is -0.460 e. The molecule has 0 fully saturated rings. The highest BCUT2D eigenvalue weighted by atomic mass is 28.3. The van der Waals surface area contributed by atoms with E-state index in [1.807, 2.05) is 0 Å². The van der Waals surface area contributed by atoms with Crippen LogP contribution < -0.4 is 0 Å². The minimum absolute atomic E-state index is 0.917. The lowest BCUT2D eigenvalue weighted by molar-refractivity contribution is -0.884. The largest absolute Gasteiger partial charge is 0.460 e. The van der Waals surface area contributed by atoms with Crippen molar-refractivity contribution in [3.8, 4) is 0 Å². The molecule has 1 aromatic heterocycles. The quantitative estimate of drug-likeness (QED) is 0.568. The van der Waals surface area contributed by atoms with Crippen molar-refractivity contribution in [2.75, 3.05) is 21.1 Å². The van der Waals surface area contributed by atoms with Crippen LogP contribution in [0.2, 0.25) is 19.6 Å². The van der Waals surface area contributed by atoms with Gasteiger partial charge >= 0.3 is 0 Å². The van der Waals surface area contributed by atoms with E-state index >= 15 is 0 Å². The van der Waals surface area contributed by atoms with Gasteiger partial charge in [-0.15, -0.1) is 0 Å². The summed E-state index contributed by atoms with van der Waals surface area (Å²) >= 11 is 0. The molecule has 1 heterocycles. The van der Waals surface area contributed by atoms with Crippen LogP contribution in [-0.4, -0.2) is 33.7 Å². The van der Waals surface area contributed by atoms with Crippen LogP contribution in [0.3, 0.4) is 0 Å². The van der Waals surface area contributed by atoms with Gasteiger partial charge in [-0.2, -0.15) is 0 Å². The van der Waals surface area contributed by atoms with Gasteiger partial charge in [-0.3, -0.25) is 0 Å². The Balaban J connectivity index is 2.65. The van der Waals surface area contributed by atoms with Crippen molar-refractivity contribution in [3.63, 3.8) is 0 Å². The molecule has 0 saturated carbocycles. The molecule has 0 spiro atoms. The maximum Gasteiger partial charge on any atom is 0.158 e. The van der Waals surface area contributed by atoms with E-state index in [9.17, 15) is 0 Å². The second-order valence-electron chi connectivity index (χ2n) is 6.55. The maximum atomic E-state index is 5.85. The van der Waals surface area contributed by atoms with Crippen molar-refractivity contribution >= 4 is 8.07 Å². The number of furan rings is 1. The Morgan fingerprint density at radius 2 is 1.60 bits per heavy atom. The van der Waals surface area contributed by atoms with Gasteiger partial charge in [0.1, 0.15) is 12.3 Å². The van der Waals surface area contributed by atoms with Gasteiger partial charge in [0.15, 0.2) is 5.76 Å². The van der Waals surface area contributed by atoms with Gasteiger partial charge in [-0.05, 0) is 12.1 Å². The lowest BCUT2D eigenvalue weighted by atomic mass is 10.4. The Morgan fingerprint density at radius 3 is 2.07 bits per heavy atom. The molecule has 0 saturated heterocycles. The molecule has 1 aromatic rings. The van der Waals surface area contributed by atoms with Crippen LogP contribution in [0.1, 0.15) is 11.5 Å². The summed E-state index contributed by atoms with van der Waals surface area (Å²) in [5.41, 5.74) is 0. The number of quaternary nitrogens is 1. The van der Waals surface area contributed by atoms with Gasteiger partial charge < -0.3 is 8.90 Å². The lowest BCUT2D eigenvalue weighted by Gasteiger charge is -2.22. The van der Waals surface area contributed by atoms with Crippen molar-refractivity contribution in [2.24, 2.45) is 0 Å². The Hall–Kier alpha value is -0.543. The average molecular weight is 226 g/mol. The SMILES string of the molecule is C[N+](C)(C)Cc1ccc(C[Si](C)(C)C)o1. The van der Waals surface area contributed by atoms with E-state index in [1.54, 1.807) is 0 Å². The van der Waals surface area contributed by atoms with Gasteiger partial charge in [0.25, 0.3) is 0 Å². The first-order valence-corrected chi connectivity index (χ1v) is 9.24. The molecule has 3 heteroatoms. The molecular weight excluding hydrogens is 202 g/mol. The van der Waals surface area contributed by atoms with E-state index in [-0.39, 0.29) is 0 Å². The molecule has 0 aliphatic carbocycles.